The van der Waals surface area contributed by atoms with E-state index in [0.29, 0.717) is 17.2 Å². The minimum Gasteiger partial charge on any atom is -0.488 e. The van der Waals surface area contributed by atoms with Crippen LogP contribution in [0.3, 0.4) is 0 Å². The lowest BCUT2D eigenvalue weighted by Crippen LogP contribution is -2.26. The third-order valence-corrected chi connectivity index (χ3v) is 8.38. The first-order valence-corrected chi connectivity index (χ1v) is 14.6. The number of hydrogen-bond acceptors (Lipinski definition) is 5. The van der Waals surface area contributed by atoms with E-state index in [1.165, 1.54) is 44.1 Å². The maximum Gasteiger partial charge on any atom is 0.186 e. The topological polar surface area (TPSA) is 42.4 Å². The van der Waals surface area contributed by atoms with E-state index < -0.39 is 0 Å². The van der Waals surface area contributed by atoms with Gasteiger partial charge in [0.2, 0.25) is 0 Å². The van der Waals surface area contributed by atoms with Crippen molar-refractivity contribution in [1.29, 1.82) is 0 Å². The first-order chi connectivity index (χ1) is 18.7. The summed E-state index contributed by atoms with van der Waals surface area (Å²) >= 11 is 8.06. The lowest BCUT2D eigenvalue weighted by atomic mass is 9.87. The first-order valence-electron chi connectivity index (χ1n) is 13.4. The minimum atomic E-state index is 0.483. The van der Waals surface area contributed by atoms with Gasteiger partial charge >= 0.3 is 0 Å². The molecule has 6 heteroatoms. The van der Waals surface area contributed by atoms with Crippen molar-refractivity contribution in [2.24, 2.45) is 5.92 Å². The Kier molecular flexibility index (Phi) is 9.11. The molecule has 4 aromatic rings. The van der Waals surface area contributed by atoms with Crippen molar-refractivity contribution < 1.29 is 9.53 Å². The summed E-state index contributed by atoms with van der Waals surface area (Å²) in [6, 6.07) is 23.7. The predicted molar refractivity (Wildman–Crippen MR) is 157 cm³/mol. The van der Waals surface area contributed by atoms with Gasteiger partial charge in [-0.25, -0.2) is 4.98 Å². The lowest BCUT2D eigenvalue weighted by molar-refractivity contribution is 0.112. The Morgan fingerprint density at radius 3 is 2.53 bits per heavy atom. The average molecular weight is 545 g/mol. The molecule has 1 aliphatic rings. The molecule has 4 nitrogen and oxygen atoms in total. The molecule has 1 saturated carbocycles. The highest BCUT2D eigenvalue weighted by Gasteiger charge is 2.19. The van der Waals surface area contributed by atoms with Gasteiger partial charge in [-0.1, -0.05) is 98.3 Å². The summed E-state index contributed by atoms with van der Waals surface area (Å²) in [5.41, 5.74) is 4.75. The van der Waals surface area contributed by atoms with Crippen molar-refractivity contribution >= 4 is 34.4 Å². The number of carbonyl (C=O) groups excluding carboxylic acids is 1. The molecule has 3 aromatic carbocycles. The fourth-order valence-electron chi connectivity index (χ4n) is 5.08. The molecule has 1 aromatic heterocycles. The van der Waals surface area contributed by atoms with Gasteiger partial charge in [0.25, 0.3) is 0 Å². The molecule has 1 heterocycles. The van der Waals surface area contributed by atoms with Crippen molar-refractivity contribution in [2.75, 3.05) is 11.4 Å². The van der Waals surface area contributed by atoms with Gasteiger partial charge in [0, 0.05) is 34.6 Å². The van der Waals surface area contributed by atoms with Gasteiger partial charge in [0.1, 0.15) is 18.6 Å². The molecule has 0 aliphatic heterocycles. The van der Waals surface area contributed by atoms with Gasteiger partial charge < -0.3 is 9.64 Å². The number of thiazole rings is 1. The number of nitrogens with zero attached hydrogens (tertiary/aromatic N) is 2. The summed E-state index contributed by atoms with van der Waals surface area (Å²) in [5.74, 6) is 1.56. The third kappa shape index (κ3) is 7.03. The number of carbonyl (C=O) groups is 1. The fraction of sp³-hybridized carbons (Fsp3) is 0.312. The molecule has 1 fully saturated rings. The molecule has 0 spiro atoms. The van der Waals surface area contributed by atoms with E-state index in [2.05, 4.69) is 22.4 Å². The highest BCUT2D eigenvalue weighted by Crippen LogP contribution is 2.37. The Morgan fingerprint density at radius 2 is 1.76 bits per heavy atom. The maximum atomic E-state index is 11.1. The van der Waals surface area contributed by atoms with E-state index in [4.69, 9.17) is 21.3 Å². The number of aromatic nitrogens is 1. The molecule has 1 aliphatic carbocycles. The van der Waals surface area contributed by atoms with Gasteiger partial charge in [-0.15, -0.1) is 11.3 Å². The van der Waals surface area contributed by atoms with E-state index in [1.807, 2.05) is 60.7 Å². The van der Waals surface area contributed by atoms with Crippen LogP contribution in [-0.2, 0) is 13.2 Å². The Balaban J connectivity index is 1.37. The number of benzene rings is 3. The lowest BCUT2D eigenvalue weighted by Gasteiger charge is -2.27. The van der Waals surface area contributed by atoms with Crippen LogP contribution in [0.2, 0.25) is 5.02 Å². The quantitative estimate of drug-likeness (QED) is 0.177. The number of aldehydes is 1. The summed E-state index contributed by atoms with van der Waals surface area (Å²) in [6.07, 6.45) is 8.78. The Bertz CT molecular complexity index is 1320. The number of rotatable bonds is 11. The zero-order valence-corrected chi connectivity index (χ0v) is 23.1. The Hall–Kier alpha value is -3.15. The van der Waals surface area contributed by atoms with Crippen LogP contribution in [0.25, 0.3) is 11.3 Å². The van der Waals surface area contributed by atoms with Crippen LogP contribution in [0.15, 0.2) is 78.2 Å². The highest BCUT2D eigenvalue weighted by atomic mass is 35.5. The molecular formula is C32H33ClN2O2S. The molecule has 0 N–H and O–H groups in total. The second kappa shape index (κ2) is 13.1. The number of ether oxygens (including phenoxy) is 1. The molecule has 0 atom stereocenters. The van der Waals surface area contributed by atoms with Crippen molar-refractivity contribution in [3.05, 3.63) is 99.9 Å². The molecule has 5 rings (SSSR count). The smallest absolute Gasteiger partial charge is 0.186 e. The summed E-state index contributed by atoms with van der Waals surface area (Å²) in [7, 11) is 0. The first kappa shape index (κ1) is 26.5. The van der Waals surface area contributed by atoms with Crippen molar-refractivity contribution in [3.63, 3.8) is 0 Å². The zero-order valence-electron chi connectivity index (χ0n) is 21.5. The van der Waals surface area contributed by atoms with E-state index in [1.54, 1.807) is 11.3 Å². The second-order valence-corrected chi connectivity index (χ2v) is 11.3. The second-order valence-electron chi connectivity index (χ2n) is 10.0. The van der Waals surface area contributed by atoms with Gasteiger partial charge in [0.15, 0.2) is 5.13 Å². The molecule has 0 bridgehead atoms. The number of hydrogen-bond donors (Lipinski definition) is 0. The molecule has 38 heavy (non-hydrogen) atoms. The Morgan fingerprint density at radius 1 is 0.974 bits per heavy atom. The predicted octanol–water partition coefficient (Wildman–Crippen LogP) is 8.83. The van der Waals surface area contributed by atoms with Crippen LogP contribution < -0.4 is 9.64 Å². The SMILES string of the molecule is O=Cc1ccc(CN(CCC2CCCCC2)c2nc(-c3cc(Cl)ccc3OCc3ccccc3)cs2)cc1. The summed E-state index contributed by atoms with van der Waals surface area (Å²) < 4.78 is 6.21. The van der Waals surface area contributed by atoms with E-state index in [-0.39, 0.29) is 0 Å². The number of halogens is 1. The van der Waals surface area contributed by atoms with Crippen LogP contribution in [0.5, 0.6) is 5.75 Å². The zero-order chi connectivity index (χ0) is 26.2. The van der Waals surface area contributed by atoms with E-state index in [0.717, 1.165) is 53.0 Å². The molecule has 0 unspecified atom stereocenters. The van der Waals surface area contributed by atoms with E-state index in [9.17, 15) is 4.79 Å². The van der Waals surface area contributed by atoms with Gasteiger partial charge in [0.05, 0.1) is 5.69 Å². The van der Waals surface area contributed by atoms with Crippen LogP contribution in [-0.4, -0.2) is 17.8 Å². The highest BCUT2D eigenvalue weighted by molar-refractivity contribution is 7.14. The monoisotopic (exact) mass is 544 g/mol. The van der Waals surface area contributed by atoms with Crippen LogP contribution >= 0.6 is 22.9 Å². The summed E-state index contributed by atoms with van der Waals surface area (Å²) in [5, 5.41) is 3.75. The standard InChI is InChI=1S/C32H33ClN2O2S/c33-28-15-16-31(37-22-27-9-5-2-6-10-27)29(19-28)30-23-38-32(34-30)35(18-17-24-7-3-1-4-8-24)20-25-11-13-26(21-36)14-12-25/h2,5-6,9-16,19,21,23-24H,1,3-4,7-8,17-18,20,22H2. The van der Waals surface area contributed by atoms with Crippen molar-refractivity contribution in [1.82, 2.24) is 4.98 Å². The molecule has 0 saturated heterocycles. The molecule has 0 radical (unpaired) electrons. The van der Waals surface area contributed by atoms with Crippen LogP contribution in [0, 0.1) is 5.92 Å². The Labute approximate surface area is 234 Å². The van der Waals surface area contributed by atoms with Crippen LogP contribution in [0.4, 0.5) is 5.13 Å². The molecular weight excluding hydrogens is 512 g/mol. The fourth-order valence-corrected chi connectivity index (χ4v) is 6.10. The average Bonchev–Trinajstić information content (AvgIpc) is 3.46. The summed E-state index contributed by atoms with van der Waals surface area (Å²) in [4.78, 5) is 18.6. The van der Waals surface area contributed by atoms with Crippen molar-refractivity contribution in [3.8, 4) is 17.0 Å². The molecule has 0 amide bonds. The van der Waals surface area contributed by atoms with Gasteiger partial charge in [-0.2, -0.15) is 0 Å². The van der Waals surface area contributed by atoms with Crippen molar-refractivity contribution in [2.45, 2.75) is 51.7 Å². The van der Waals surface area contributed by atoms with Crippen LogP contribution in [0.1, 0.15) is 60.0 Å². The maximum absolute atomic E-state index is 11.1. The van der Waals surface area contributed by atoms with Gasteiger partial charge in [-0.3, -0.25) is 4.79 Å². The minimum absolute atomic E-state index is 0.483. The third-order valence-electron chi connectivity index (χ3n) is 7.24. The number of anilines is 1. The van der Waals surface area contributed by atoms with Gasteiger partial charge in [-0.05, 0) is 41.7 Å². The van der Waals surface area contributed by atoms with E-state index >= 15 is 0 Å². The normalized spacial score (nSPS) is 13.8. The summed E-state index contributed by atoms with van der Waals surface area (Å²) in [6.45, 7) is 2.20. The molecule has 196 valence electrons. The largest absolute Gasteiger partial charge is 0.488 e.